The van der Waals surface area contributed by atoms with Crippen LogP contribution in [0.1, 0.15) is 45.6 Å². The Morgan fingerprint density at radius 1 is 1.29 bits per heavy atom. The third-order valence-corrected chi connectivity index (χ3v) is 3.61. The zero-order chi connectivity index (χ0) is 12.3. The molecule has 0 radical (unpaired) electrons. The lowest BCUT2D eigenvalue weighted by atomic mass is 9.92. The summed E-state index contributed by atoms with van der Waals surface area (Å²) in [5.74, 6) is 0.780. The molecule has 0 aromatic heterocycles. The van der Waals surface area contributed by atoms with Crippen LogP contribution >= 0.6 is 0 Å². The number of para-hydroxylation sites is 1. The van der Waals surface area contributed by atoms with Gasteiger partial charge in [-0.1, -0.05) is 44.9 Å². The molecule has 1 atom stereocenters. The van der Waals surface area contributed by atoms with Gasteiger partial charge in [-0.25, -0.2) is 0 Å². The predicted octanol–water partition coefficient (Wildman–Crippen LogP) is 4.75. The van der Waals surface area contributed by atoms with E-state index in [9.17, 15) is 0 Å². The van der Waals surface area contributed by atoms with Gasteiger partial charge in [0.25, 0.3) is 0 Å². The molecule has 0 aliphatic carbocycles. The lowest BCUT2D eigenvalue weighted by Crippen LogP contribution is -2.14. The molecule has 1 nitrogen and oxygen atoms in total. The van der Waals surface area contributed by atoms with Gasteiger partial charge < -0.3 is 5.32 Å². The van der Waals surface area contributed by atoms with Gasteiger partial charge in [-0.05, 0) is 42.9 Å². The summed E-state index contributed by atoms with van der Waals surface area (Å²) < 4.78 is 0. The third-order valence-electron chi connectivity index (χ3n) is 3.61. The van der Waals surface area contributed by atoms with Crippen molar-refractivity contribution in [1.82, 2.24) is 0 Å². The normalized spacial score (nSPS) is 16.4. The molecular formula is C16H23N. The van der Waals surface area contributed by atoms with Crippen LogP contribution in [-0.4, -0.2) is 0 Å². The van der Waals surface area contributed by atoms with E-state index in [1.165, 1.54) is 41.8 Å². The summed E-state index contributed by atoms with van der Waals surface area (Å²) in [6.07, 6.45) is 4.90. The van der Waals surface area contributed by atoms with Gasteiger partial charge in [0.05, 0.1) is 0 Å². The number of rotatable bonds is 4. The van der Waals surface area contributed by atoms with Gasteiger partial charge in [0.15, 0.2) is 0 Å². The standard InChI is InChI=1S/C16H23N/c1-4-7-12(2)10-16-13(3)11-14-8-5-6-9-15(14)17-16/h5-6,8-9,12,17H,4,7,10-11H2,1-3H3/t12-/m0/s1. The Labute approximate surface area is 105 Å². The van der Waals surface area contributed by atoms with Crippen LogP contribution in [0.3, 0.4) is 0 Å². The molecule has 0 amide bonds. The summed E-state index contributed by atoms with van der Waals surface area (Å²) in [5, 5.41) is 3.62. The van der Waals surface area contributed by atoms with Crippen molar-refractivity contribution in [2.75, 3.05) is 5.32 Å². The number of anilines is 1. The van der Waals surface area contributed by atoms with Crippen LogP contribution in [0.4, 0.5) is 5.69 Å². The second-order valence-corrected chi connectivity index (χ2v) is 5.32. The molecule has 0 bridgehead atoms. The molecule has 17 heavy (non-hydrogen) atoms. The van der Waals surface area contributed by atoms with E-state index in [-0.39, 0.29) is 0 Å². The SMILES string of the molecule is CCC[C@H](C)CC1=C(C)Cc2ccccc2N1. The molecule has 1 heteroatoms. The van der Waals surface area contributed by atoms with E-state index in [4.69, 9.17) is 0 Å². The zero-order valence-electron chi connectivity index (χ0n) is 11.2. The lowest BCUT2D eigenvalue weighted by molar-refractivity contribution is 0.518. The minimum Gasteiger partial charge on any atom is -0.359 e. The summed E-state index contributed by atoms with van der Waals surface area (Å²) in [6, 6.07) is 8.64. The van der Waals surface area contributed by atoms with Crippen molar-refractivity contribution in [3.05, 3.63) is 41.1 Å². The van der Waals surface area contributed by atoms with Gasteiger partial charge >= 0.3 is 0 Å². The molecule has 1 aliphatic rings. The van der Waals surface area contributed by atoms with E-state index in [0.717, 1.165) is 12.3 Å². The average molecular weight is 229 g/mol. The molecule has 0 spiro atoms. The average Bonchev–Trinajstić information content (AvgIpc) is 2.30. The Hall–Kier alpha value is -1.24. The highest BCUT2D eigenvalue weighted by Crippen LogP contribution is 2.30. The fourth-order valence-corrected chi connectivity index (χ4v) is 2.63. The monoisotopic (exact) mass is 229 g/mol. The van der Waals surface area contributed by atoms with E-state index < -0.39 is 0 Å². The molecule has 0 fully saturated rings. The van der Waals surface area contributed by atoms with Crippen LogP contribution in [0.25, 0.3) is 0 Å². The number of benzene rings is 1. The van der Waals surface area contributed by atoms with Crippen LogP contribution in [-0.2, 0) is 6.42 Å². The summed E-state index contributed by atoms with van der Waals surface area (Å²) in [5.41, 5.74) is 5.69. The zero-order valence-corrected chi connectivity index (χ0v) is 11.2. The van der Waals surface area contributed by atoms with Crippen molar-refractivity contribution in [2.24, 2.45) is 5.92 Å². The molecule has 1 N–H and O–H groups in total. The maximum atomic E-state index is 3.62. The minimum atomic E-state index is 0.780. The minimum absolute atomic E-state index is 0.780. The Kier molecular flexibility index (Phi) is 3.88. The molecule has 1 aliphatic heterocycles. The molecule has 1 aromatic carbocycles. The first kappa shape index (κ1) is 12.2. The van der Waals surface area contributed by atoms with Crippen LogP contribution in [0.2, 0.25) is 0 Å². The first-order valence-electron chi connectivity index (χ1n) is 6.74. The highest BCUT2D eigenvalue weighted by Gasteiger charge is 2.15. The molecule has 0 saturated heterocycles. The van der Waals surface area contributed by atoms with Crippen molar-refractivity contribution in [2.45, 2.75) is 46.5 Å². The fourth-order valence-electron chi connectivity index (χ4n) is 2.63. The maximum absolute atomic E-state index is 3.62. The van der Waals surface area contributed by atoms with Crippen LogP contribution < -0.4 is 5.32 Å². The number of hydrogen-bond donors (Lipinski definition) is 1. The first-order chi connectivity index (χ1) is 8.20. The van der Waals surface area contributed by atoms with Gasteiger partial charge in [-0.15, -0.1) is 0 Å². The number of fused-ring (bicyclic) bond motifs is 1. The topological polar surface area (TPSA) is 12.0 Å². The first-order valence-corrected chi connectivity index (χ1v) is 6.74. The van der Waals surface area contributed by atoms with E-state index in [2.05, 4.69) is 50.4 Å². The van der Waals surface area contributed by atoms with Crippen molar-refractivity contribution in [3.8, 4) is 0 Å². The van der Waals surface area contributed by atoms with Crippen LogP contribution in [0.15, 0.2) is 35.5 Å². The summed E-state index contributed by atoms with van der Waals surface area (Å²) in [6.45, 7) is 6.88. The Morgan fingerprint density at radius 3 is 2.82 bits per heavy atom. The van der Waals surface area contributed by atoms with Gasteiger partial charge in [-0.2, -0.15) is 0 Å². The second kappa shape index (κ2) is 5.39. The molecule has 92 valence electrons. The van der Waals surface area contributed by atoms with E-state index in [1.54, 1.807) is 0 Å². The summed E-state index contributed by atoms with van der Waals surface area (Å²) in [7, 11) is 0. The van der Waals surface area contributed by atoms with Gasteiger partial charge in [0.2, 0.25) is 0 Å². The molecule has 1 aromatic rings. The van der Waals surface area contributed by atoms with E-state index in [1.807, 2.05) is 0 Å². The fraction of sp³-hybridized carbons (Fsp3) is 0.500. The number of hydrogen-bond acceptors (Lipinski definition) is 1. The molecule has 0 unspecified atom stereocenters. The Balaban J connectivity index is 2.10. The quantitative estimate of drug-likeness (QED) is 0.785. The maximum Gasteiger partial charge on any atom is 0.0417 e. The van der Waals surface area contributed by atoms with E-state index in [0.29, 0.717) is 0 Å². The Morgan fingerprint density at radius 2 is 2.06 bits per heavy atom. The predicted molar refractivity (Wildman–Crippen MR) is 75.2 cm³/mol. The molecule has 2 rings (SSSR count). The van der Waals surface area contributed by atoms with Crippen molar-refractivity contribution in [1.29, 1.82) is 0 Å². The molecular weight excluding hydrogens is 206 g/mol. The summed E-state index contributed by atoms with van der Waals surface area (Å²) >= 11 is 0. The smallest absolute Gasteiger partial charge is 0.0417 e. The van der Waals surface area contributed by atoms with Crippen molar-refractivity contribution in [3.63, 3.8) is 0 Å². The van der Waals surface area contributed by atoms with Crippen molar-refractivity contribution < 1.29 is 0 Å². The third kappa shape index (κ3) is 2.91. The van der Waals surface area contributed by atoms with E-state index >= 15 is 0 Å². The second-order valence-electron chi connectivity index (χ2n) is 5.32. The van der Waals surface area contributed by atoms with Crippen molar-refractivity contribution >= 4 is 5.69 Å². The number of allylic oxidation sites excluding steroid dienone is 2. The van der Waals surface area contributed by atoms with Crippen LogP contribution in [0, 0.1) is 5.92 Å². The van der Waals surface area contributed by atoms with Gasteiger partial charge in [0, 0.05) is 11.4 Å². The number of nitrogens with one attached hydrogen (secondary N) is 1. The van der Waals surface area contributed by atoms with Gasteiger partial charge in [0.1, 0.15) is 0 Å². The lowest BCUT2D eigenvalue weighted by Gasteiger charge is -2.25. The molecule has 1 heterocycles. The van der Waals surface area contributed by atoms with Gasteiger partial charge in [-0.3, -0.25) is 0 Å². The largest absolute Gasteiger partial charge is 0.359 e. The molecule has 0 saturated carbocycles. The van der Waals surface area contributed by atoms with Crippen LogP contribution in [0.5, 0.6) is 0 Å². The highest BCUT2D eigenvalue weighted by atomic mass is 14.9. The summed E-state index contributed by atoms with van der Waals surface area (Å²) in [4.78, 5) is 0. The Bertz CT molecular complexity index is 417. The highest BCUT2D eigenvalue weighted by molar-refractivity contribution is 5.59.